The van der Waals surface area contributed by atoms with E-state index >= 15 is 0 Å². The van der Waals surface area contributed by atoms with Crippen molar-refractivity contribution < 1.29 is 5.11 Å². The smallest absolute Gasteiger partial charge is 0.228 e. The summed E-state index contributed by atoms with van der Waals surface area (Å²) < 4.78 is 0. The summed E-state index contributed by atoms with van der Waals surface area (Å²) in [5.41, 5.74) is 0.682. The Hall–Kier alpha value is -2.01. The number of hydrogen-bond donors (Lipinski definition) is 2. The van der Waals surface area contributed by atoms with Crippen LogP contribution in [0.1, 0.15) is 5.56 Å². The van der Waals surface area contributed by atoms with Crippen LogP contribution in [-0.4, -0.2) is 20.1 Å². The van der Waals surface area contributed by atoms with Gasteiger partial charge in [-0.1, -0.05) is 6.07 Å². The van der Waals surface area contributed by atoms with Crippen LogP contribution in [0.15, 0.2) is 36.8 Å². The largest absolute Gasteiger partial charge is 0.392 e. The maximum atomic E-state index is 8.81. The first-order chi connectivity index (χ1) is 7.38. The lowest BCUT2D eigenvalue weighted by atomic mass is 10.4. The minimum atomic E-state index is -0.0517. The van der Waals surface area contributed by atoms with Crippen LogP contribution < -0.4 is 5.32 Å². The molecule has 2 N–H and O–H groups in total. The predicted molar refractivity (Wildman–Crippen MR) is 55.5 cm³/mol. The van der Waals surface area contributed by atoms with Crippen molar-refractivity contribution in [3.63, 3.8) is 0 Å². The van der Waals surface area contributed by atoms with Crippen LogP contribution >= 0.6 is 0 Å². The van der Waals surface area contributed by atoms with Crippen molar-refractivity contribution in [2.24, 2.45) is 0 Å². The van der Waals surface area contributed by atoms with E-state index in [9.17, 15) is 0 Å². The number of hydrogen-bond acceptors (Lipinski definition) is 5. The molecule has 2 heterocycles. The quantitative estimate of drug-likeness (QED) is 0.780. The lowest BCUT2D eigenvalue weighted by molar-refractivity contribution is 0.281. The first kappa shape index (κ1) is 9.54. The van der Waals surface area contributed by atoms with Crippen LogP contribution in [0.2, 0.25) is 0 Å². The van der Waals surface area contributed by atoms with Crippen molar-refractivity contribution in [3.8, 4) is 0 Å². The van der Waals surface area contributed by atoms with Gasteiger partial charge in [-0.25, -0.2) is 15.0 Å². The van der Waals surface area contributed by atoms with E-state index in [2.05, 4.69) is 20.3 Å². The van der Waals surface area contributed by atoms with Gasteiger partial charge in [0, 0.05) is 24.2 Å². The first-order valence-corrected chi connectivity index (χ1v) is 4.48. The number of aromatic nitrogens is 3. The number of aliphatic hydroxyl groups is 1. The molecule has 0 fully saturated rings. The zero-order valence-corrected chi connectivity index (χ0v) is 7.96. The molecule has 0 aliphatic heterocycles. The van der Waals surface area contributed by atoms with Crippen molar-refractivity contribution in [2.45, 2.75) is 6.61 Å². The zero-order valence-electron chi connectivity index (χ0n) is 7.96. The summed E-state index contributed by atoms with van der Waals surface area (Å²) in [5, 5.41) is 11.7. The van der Waals surface area contributed by atoms with E-state index in [4.69, 9.17) is 5.11 Å². The Kier molecular flexibility index (Phi) is 2.85. The van der Waals surface area contributed by atoms with Gasteiger partial charge in [0.1, 0.15) is 5.82 Å². The molecule has 0 saturated heterocycles. The van der Waals surface area contributed by atoms with Crippen LogP contribution in [0.4, 0.5) is 11.8 Å². The Labute approximate surface area is 86.9 Å². The molecule has 0 radical (unpaired) electrons. The number of nitrogens with zero attached hydrogens (tertiary/aromatic N) is 3. The molecule has 0 aliphatic rings. The molecule has 76 valence electrons. The average Bonchev–Trinajstić information content (AvgIpc) is 2.31. The second-order valence-corrected chi connectivity index (χ2v) is 2.91. The predicted octanol–water partition coefficient (Wildman–Crippen LogP) is 1.11. The molecule has 15 heavy (non-hydrogen) atoms. The van der Waals surface area contributed by atoms with E-state index in [1.54, 1.807) is 18.6 Å². The van der Waals surface area contributed by atoms with E-state index < -0.39 is 0 Å². The molecular formula is C10H10N4O. The van der Waals surface area contributed by atoms with Crippen LogP contribution in [-0.2, 0) is 6.61 Å². The fraction of sp³-hybridized carbons (Fsp3) is 0.100. The Morgan fingerprint density at radius 2 is 1.93 bits per heavy atom. The third-order valence-corrected chi connectivity index (χ3v) is 1.79. The molecule has 5 nitrogen and oxygen atoms in total. The van der Waals surface area contributed by atoms with Crippen molar-refractivity contribution >= 4 is 11.8 Å². The van der Waals surface area contributed by atoms with Crippen molar-refractivity contribution in [2.75, 3.05) is 5.32 Å². The Bertz CT molecular complexity index is 415. The summed E-state index contributed by atoms with van der Waals surface area (Å²) in [7, 11) is 0. The zero-order chi connectivity index (χ0) is 10.5. The van der Waals surface area contributed by atoms with Gasteiger partial charge in [-0.15, -0.1) is 0 Å². The average molecular weight is 202 g/mol. The van der Waals surface area contributed by atoms with Crippen LogP contribution in [0.25, 0.3) is 0 Å². The highest BCUT2D eigenvalue weighted by Gasteiger charge is 1.97. The fourth-order valence-electron chi connectivity index (χ4n) is 1.05. The third-order valence-electron chi connectivity index (χ3n) is 1.79. The highest BCUT2D eigenvalue weighted by molar-refractivity contribution is 5.46. The van der Waals surface area contributed by atoms with E-state index in [0.717, 1.165) is 0 Å². The SMILES string of the molecule is OCc1cnc(Nc2ccccn2)nc1. The van der Waals surface area contributed by atoms with Crippen molar-refractivity contribution in [3.05, 3.63) is 42.4 Å². The molecule has 0 aliphatic carbocycles. The Morgan fingerprint density at radius 3 is 2.53 bits per heavy atom. The number of anilines is 2. The number of aliphatic hydroxyl groups excluding tert-OH is 1. The van der Waals surface area contributed by atoms with Gasteiger partial charge in [0.15, 0.2) is 0 Å². The molecule has 0 aromatic carbocycles. The monoisotopic (exact) mass is 202 g/mol. The lowest BCUT2D eigenvalue weighted by Crippen LogP contribution is -1.99. The van der Waals surface area contributed by atoms with Gasteiger partial charge in [-0.2, -0.15) is 0 Å². The van der Waals surface area contributed by atoms with Crippen LogP contribution in [0.3, 0.4) is 0 Å². The maximum absolute atomic E-state index is 8.81. The Balaban J connectivity index is 2.11. The van der Waals surface area contributed by atoms with Crippen molar-refractivity contribution in [1.29, 1.82) is 0 Å². The summed E-state index contributed by atoms with van der Waals surface area (Å²) >= 11 is 0. The summed E-state index contributed by atoms with van der Waals surface area (Å²) in [5.74, 6) is 1.15. The molecule has 2 rings (SSSR count). The minimum Gasteiger partial charge on any atom is -0.392 e. The third kappa shape index (κ3) is 2.47. The second-order valence-electron chi connectivity index (χ2n) is 2.91. The van der Waals surface area contributed by atoms with Crippen LogP contribution in [0, 0.1) is 0 Å². The highest BCUT2D eigenvalue weighted by atomic mass is 16.3. The van der Waals surface area contributed by atoms with Gasteiger partial charge < -0.3 is 10.4 Å². The second kappa shape index (κ2) is 4.47. The number of pyridine rings is 1. The van der Waals surface area contributed by atoms with Gasteiger partial charge in [0.2, 0.25) is 5.95 Å². The van der Waals surface area contributed by atoms with E-state index in [-0.39, 0.29) is 6.61 Å². The number of nitrogens with one attached hydrogen (secondary N) is 1. The summed E-state index contributed by atoms with van der Waals surface area (Å²) in [6, 6.07) is 5.53. The van der Waals surface area contributed by atoms with E-state index in [0.29, 0.717) is 17.3 Å². The van der Waals surface area contributed by atoms with Gasteiger partial charge in [0.05, 0.1) is 6.61 Å². The molecule has 0 atom stereocenters. The van der Waals surface area contributed by atoms with Gasteiger partial charge in [-0.05, 0) is 12.1 Å². The Morgan fingerprint density at radius 1 is 1.13 bits per heavy atom. The normalized spacial score (nSPS) is 9.93. The molecular weight excluding hydrogens is 192 g/mol. The molecule has 0 amide bonds. The highest BCUT2D eigenvalue weighted by Crippen LogP contribution is 2.07. The molecule has 0 spiro atoms. The first-order valence-electron chi connectivity index (χ1n) is 4.48. The summed E-state index contributed by atoms with van der Waals surface area (Å²) in [6.45, 7) is -0.0517. The van der Waals surface area contributed by atoms with Gasteiger partial charge in [-0.3, -0.25) is 0 Å². The molecule has 0 saturated carbocycles. The van der Waals surface area contributed by atoms with Gasteiger partial charge >= 0.3 is 0 Å². The molecule has 0 unspecified atom stereocenters. The number of rotatable bonds is 3. The summed E-state index contributed by atoms with van der Waals surface area (Å²) in [4.78, 5) is 12.1. The maximum Gasteiger partial charge on any atom is 0.228 e. The standard InChI is InChI=1S/C10H10N4O/c15-7-8-5-12-10(13-6-8)14-9-3-1-2-4-11-9/h1-6,15H,7H2,(H,11,12,13,14). The van der Waals surface area contributed by atoms with E-state index in [1.165, 1.54) is 0 Å². The minimum absolute atomic E-state index is 0.0517. The molecule has 5 heteroatoms. The van der Waals surface area contributed by atoms with E-state index in [1.807, 2.05) is 18.2 Å². The molecule has 2 aromatic heterocycles. The molecule has 2 aromatic rings. The summed E-state index contributed by atoms with van der Waals surface area (Å²) in [6.07, 6.45) is 4.82. The van der Waals surface area contributed by atoms with Crippen LogP contribution in [0.5, 0.6) is 0 Å². The lowest BCUT2D eigenvalue weighted by Gasteiger charge is -2.02. The fourth-order valence-corrected chi connectivity index (χ4v) is 1.05. The topological polar surface area (TPSA) is 70.9 Å². The van der Waals surface area contributed by atoms with Gasteiger partial charge in [0.25, 0.3) is 0 Å². The molecule has 0 bridgehead atoms. The van der Waals surface area contributed by atoms with Crippen molar-refractivity contribution in [1.82, 2.24) is 15.0 Å².